The highest BCUT2D eigenvalue weighted by atomic mass is 16.5. The zero-order valence-corrected chi connectivity index (χ0v) is 16.1. The van der Waals surface area contributed by atoms with Gasteiger partial charge in [0, 0.05) is 12.1 Å². The molecular formula is C19H22N4O6. The van der Waals surface area contributed by atoms with Crippen molar-refractivity contribution in [1.29, 1.82) is 0 Å². The summed E-state index contributed by atoms with van der Waals surface area (Å²) in [7, 11) is 1.60. The molecule has 3 rings (SSSR count). The second-order valence-electron chi connectivity index (χ2n) is 6.90. The number of nitrogens with one attached hydrogen (secondary N) is 1. The van der Waals surface area contributed by atoms with E-state index >= 15 is 0 Å². The van der Waals surface area contributed by atoms with Gasteiger partial charge < -0.3 is 15.8 Å². The van der Waals surface area contributed by atoms with Crippen molar-refractivity contribution < 1.29 is 28.7 Å². The molecule has 10 heteroatoms. The SMILES string of the molecule is CN[C@@H](C)C(=O)OCCN1C(=O)CCC(N2C(=O)c3ccc(N)cc3C2=O)C1=O. The van der Waals surface area contributed by atoms with Gasteiger partial charge in [-0.1, -0.05) is 0 Å². The number of nitrogen functional groups attached to an aromatic ring is 1. The summed E-state index contributed by atoms with van der Waals surface area (Å²) in [5.41, 5.74) is 6.34. The number of carbonyl (C=O) groups excluding carboxylic acids is 5. The number of piperidine rings is 1. The van der Waals surface area contributed by atoms with Gasteiger partial charge in [-0.15, -0.1) is 0 Å². The van der Waals surface area contributed by atoms with Gasteiger partial charge in [-0.2, -0.15) is 0 Å². The number of likely N-dealkylation sites (N-methyl/N-ethyl adjacent to an activating group) is 1. The largest absolute Gasteiger partial charge is 0.463 e. The van der Waals surface area contributed by atoms with Crippen LogP contribution in [0.25, 0.3) is 0 Å². The lowest BCUT2D eigenvalue weighted by Crippen LogP contribution is -2.56. The summed E-state index contributed by atoms with van der Waals surface area (Å²) < 4.78 is 5.05. The van der Waals surface area contributed by atoms with Gasteiger partial charge in [-0.3, -0.25) is 33.8 Å². The summed E-state index contributed by atoms with van der Waals surface area (Å²) >= 11 is 0. The molecule has 1 fully saturated rings. The van der Waals surface area contributed by atoms with E-state index in [4.69, 9.17) is 10.5 Å². The first-order chi connectivity index (χ1) is 13.8. The Morgan fingerprint density at radius 1 is 1.24 bits per heavy atom. The van der Waals surface area contributed by atoms with Crippen LogP contribution in [0.1, 0.15) is 40.5 Å². The fraction of sp³-hybridized carbons (Fsp3) is 0.421. The van der Waals surface area contributed by atoms with Gasteiger partial charge in [-0.05, 0) is 38.6 Å². The number of carbonyl (C=O) groups is 5. The number of imide groups is 2. The number of esters is 1. The molecule has 2 aliphatic rings. The van der Waals surface area contributed by atoms with Crippen LogP contribution >= 0.6 is 0 Å². The van der Waals surface area contributed by atoms with Crippen LogP contribution in [0.4, 0.5) is 5.69 Å². The van der Waals surface area contributed by atoms with Crippen molar-refractivity contribution in [1.82, 2.24) is 15.1 Å². The van der Waals surface area contributed by atoms with Gasteiger partial charge in [-0.25, -0.2) is 0 Å². The van der Waals surface area contributed by atoms with E-state index in [1.54, 1.807) is 14.0 Å². The minimum atomic E-state index is -1.09. The van der Waals surface area contributed by atoms with Gasteiger partial charge >= 0.3 is 5.97 Å². The zero-order valence-electron chi connectivity index (χ0n) is 16.1. The predicted molar refractivity (Wildman–Crippen MR) is 101 cm³/mol. The Labute approximate surface area is 166 Å². The van der Waals surface area contributed by atoms with Crippen LogP contribution in [0.2, 0.25) is 0 Å². The highest BCUT2D eigenvalue weighted by molar-refractivity contribution is 6.23. The van der Waals surface area contributed by atoms with E-state index < -0.39 is 41.7 Å². The standard InChI is InChI=1S/C19H22N4O6/c1-10(21-2)19(28)29-8-7-22-15(24)6-5-14(18(22)27)23-16(25)12-4-3-11(20)9-13(12)17(23)26/h3-4,9-10,14,21H,5-8,20H2,1-2H3/t10-,14?/m0/s1. The summed E-state index contributed by atoms with van der Waals surface area (Å²) in [4.78, 5) is 64.0. The second-order valence-corrected chi connectivity index (χ2v) is 6.90. The predicted octanol–water partition coefficient (Wildman–Crippen LogP) is -0.466. The van der Waals surface area contributed by atoms with Gasteiger partial charge in [0.1, 0.15) is 18.7 Å². The van der Waals surface area contributed by atoms with E-state index in [-0.39, 0.29) is 37.1 Å². The molecule has 2 heterocycles. The van der Waals surface area contributed by atoms with Crippen LogP contribution in [-0.4, -0.2) is 71.7 Å². The Morgan fingerprint density at radius 3 is 2.62 bits per heavy atom. The molecule has 1 aromatic rings. The normalized spacial score (nSPS) is 20.1. The topological polar surface area (TPSA) is 139 Å². The molecule has 0 saturated carbocycles. The van der Waals surface area contributed by atoms with Crippen LogP contribution in [0.3, 0.4) is 0 Å². The van der Waals surface area contributed by atoms with E-state index in [0.717, 1.165) is 9.80 Å². The first-order valence-electron chi connectivity index (χ1n) is 9.21. The van der Waals surface area contributed by atoms with Crippen molar-refractivity contribution in [2.45, 2.75) is 31.8 Å². The molecule has 154 valence electrons. The molecular weight excluding hydrogens is 380 g/mol. The average Bonchev–Trinajstić information content (AvgIpc) is 2.94. The first-order valence-corrected chi connectivity index (χ1v) is 9.21. The van der Waals surface area contributed by atoms with Gasteiger partial charge in [0.15, 0.2) is 0 Å². The summed E-state index contributed by atoms with van der Waals surface area (Å²) in [6.45, 7) is 1.30. The van der Waals surface area contributed by atoms with E-state index in [1.807, 2.05) is 0 Å². The lowest BCUT2D eigenvalue weighted by Gasteiger charge is -2.34. The first kappa shape index (κ1) is 20.5. The lowest BCUT2D eigenvalue weighted by molar-refractivity contribution is -0.156. The maximum Gasteiger partial charge on any atom is 0.322 e. The third-order valence-electron chi connectivity index (χ3n) is 5.08. The monoisotopic (exact) mass is 402 g/mol. The van der Waals surface area contributed by atoms with E-state index in [1.165, 1.54) is 18.2 Å². The number of nitrogens with zero attached hydrogens (tertiary/aromatic N) is 2. The zero-order chi connectivity index (χ0) is 21.3. The number of anilines is 1. The maximum atomic E-state index is 12.9. The molecule has 0 bridgehead atoms. The minimum absolute atomic E-state index is 0.00713. The van der Waals surface area contributed by atoms with Gasteiger partial charge in [0.2, 0.25) is 5.91 Å². The highest BCUT2D eigenvalue weighted by Gasteiger charge is 2.46. The van der Waals surface area contributed by atoms with Crippen LogP contribution in [0.15, 0.2) is 18.2 Å². The minimum Gasteiger partial charge on any atom is -0.463 e. The number of fused-ring (bicyclic) bond motifs is 1. The maximum absolute atomic E-state index is 12.9. The summed E-state index contributed by atoms with van der Waals surface area (Å²) in [5, 5.41) is 2.72. The van der Waals surface area contributed by atoms with Crippen LogP contribution in [0.5, 0.6) is 0 Å². The Balaban J connectivity index is 1.72. The van der Waals surface area contributed by atoms with Crippen molar-refractivity contribution in [3.05, 3.63) is 29.3 Å². The van der Waals surface area contributed by atoms with Crippen molar-refractivity contribution in [3.8, 4) is 0 Å². The molecule has 0 radical (unpaired) electrons. The molecule has 0 spiro atoms. The number of benzene rings is 1. The molecule has 10 nitrogen and oxygen atoms in total. The molecule has 4 amide bonds. The molecule has 2 aliphatic heterocycles. The Hall–Kier alpha value is -3.27. The van der Waals surface area contributed by atoms with Crippen LogP contribution in [-0.2, 0) is 19.1 Å². The summed E-state index contributed by atoms with van der Waals surface area (Å²) in [6.07, 6.45) is 0.0402. The van der Waals surface area contributed by atoms with Gasteiger partial charge in [0.05, 0.1) is 17.7 Å². The molecule has 1 saturated heterocycles. The van der Waals surface area contributed by atoms with Crippen LogP contribution < -0.4 is 11.1 Å². The van der Waals surface area contributed by atoms with E-state index in [2.05, 4.69) is 5.32 Å². The van der Waals surface area contributed by atoms with Crippen molar-refractivity contribution in [3.63, 3.8) is 0 Å². The fourth-order valence-corrected chi connectivity index (χ4v) is 3.34. The number of nitrogens with two attached hydrogens (primary N) is 1. The second kappa shape index (κ2) is 8.00. The lowest BCUT2D eigenvalue weighted by atomic mass is 10.0. The Bertz CT molecular complexity index is 899. The number of hydrogen-bond donors (Lipinski definition) is 2. The molecule has 0 aliphatic carbocycles. The summed E-state index contributed by atoms with van der Waals surface area (Å²) in [5.74, 6) is -2.82. The van der Waals surface area contributed by atoms with Crippen molar-refractivity contribution in [2.24, 2.45) is 0 Å². The smallest absolute Gasteiger partial charge is 0.322 e. The molecule has 1 aromatic carbocycles. The van der Waals surface area contributed by atoms with Gasteiger partial charge in [0.25, 0.3) is 17.7 Å². The molecule has 0 aromatic heterocycles. The number of hydrogen-bond acceptors (Lipinski definition) is 8. The Kier molecular flexibility index (Phi) is 5.64. The number of likely N-dealkylation sites (tertiary alicyclic amines) is 1. The number of rotatable bonds is 6. The van der Waals surface area contributed by atoms with E-state index in [0.29, 0.717) is 5.69 Å². The molecule has 3 N–H and O–H groups in total. The summed E-state index contributed by atoms with van der Waals surface area (Å²) in [6, 6.07) is 2.74. The quantitative estimate of drug-likeness (QED) is 0.370. The van der Waals surface area contributed by atoms with Crippen LogP contribution in [0, 0.1) is 0 Å². The fourth-order valence-electron chi connectivity index (χ4n) is 3.34. The third-order valence-corrected chi connectivity index (χ3v) is 5.08. The molecule has 29 heavy (non-hydrogen) atoms. The highest BCUT2D eigenvalue weighted by Crippen LogP contribution is 2.30. The average molecular weight is 402 g/mol. The number of amides is 4. The molecule has 2 atom stereocenters. The molecule has 1 unspecified atom stereocenters. The van der Waals surface area contributed by atoms with E-state index in [9.17, 15) is 24.0 Å². The Morgan fingerprint density at radius 2 is 1.93 bits per heavy atom. The number of ether oxygens (including phenoxy) is 1. The third kappa shape index (κ3) is 3.70. The van der Waals surface area contributed by atoms with Crippen molar-refractivity contribution in [2.75, 3.05) is 25.9 Å². The van der Waals surface area contributed by atoms with Crippen molar-refractivity contribution >= 4 is 35.3 Å².